The zero-order valence-electron chi connectivity index (χ0n) is 14.6. The second-order valence-electron chi connectivity index (χ2n) is 7.13. The molecule has 1 saturated heterocycles. The minimum Gasteiger partial charge on any atom is -0.357 e. The fourth-order valence-electron chi connectivity index (χ4n) is 3.87. The average Bonchev–Trinajstić information content (AvgIpc) is 3.31. The molecule has 1 N–H and O–H groups in total. The summed E-state index contributed by atoms with van der Waals surface area (Å²) in [5, 5.41) is 3.05. The lowest BCUT2D eigenvalue weighted by atomic mass is 10.0. The van der Waals surface area contributed by atoms with Crippen LogP contribution in [-0.2, 0) is 30.6 Å². The summed E-state index contributed by atoms with van der Waals surface area (Å²) in [5.41, 5.74) is 5.11. The van der Waals surface area contributed by atoms with Crippen LogP contribution in [0.25, 0.3) is 0 Å². The van der Waals surface area contributed by atoms with Crippen molar-refractivity contribution in [2.24, 2.45) is 0 Å². The molecule has 130 valence electrons. The quantitative estimate of drug-likeness (QED) is 0.913. The molecule has 0 spiro atoms. The summed E-state index contributed by atoms with van der Waals surface area (Å²) in [6, 6.07) is 10.6. The number of amides is 1. The molecule has 0 atom stereocenters. The number of carbonyl (C=O) groups excluding carboxylic acids is 1. The maximum absolute atomic E-state index is 12.3. The number of hydrogen-bond donors (Lipinski definition) is 1. The van der Waals surface area contributed by atoms with Crippen molar-refractivity contribution in [3.8, 4) is 0 Å². The first kappa shape index (κ1) is 16.1. The van der Waals surface area contributed by atoms with Crippen molar-refractivity contribution in [2.45, 2.75) is 45.1 Å². The molecular formula is C21H25N3O. The molecule has 1 amide bonds. The summed E-state index contributed by atoms with van der Waals surface area (Å²) in [6.45, 7) is 2.73. The predicted molar refractivity (Wildman–Crippen MR) is 99.7 cm³/mol. The fraction of sp³-hybridized carbons (Fsp3) is 0.429. The third kappa shape index (κ3) is 3.84. The van der Waals surface area contributed by atoms with Crippen LogP contribution in [0.3, 0.4) is 0 Å². The topological polar surface area (TPSA) is 45.2 Å². The third-order valence-electron chi connectivity index (χ3n) is 5.26. The Morgan fingerprint density at radius 3 is 2.72 bits per heavy atom. The number of nitrogens with zero attached hydrogens (tertiary/aromatic N) is 2. The molecule has 4 rings (SSSR count). The maximum atomic E-state index is 12.3. The molecule has 0 unspecified atom stereocenters. The lowest BCUT2D eigenvalue weighted by Crippen LogP contribution is -2.25. The highest BCUT2D eigenvalue weighted by molar-refractivity contribution is 5.78. The number of aryl methyl sites for hydroxylation is 2. The van der Waals surface area contributed by atoms with Crippen LogP contribution in [0.1, 0.15) is 41.5 Å². The predicted octanol–water partition coefficient (Wildman–Crippen LogP) is 3.03. The summed E-state index contributed by atoms with van der Waals surface area (Å²) in [7, 11) is 0. The van der Waals surface area contributed by atoms with Gasteiger partial charge in [-0.3, -0.25) is 4.79 Å². The minimum atomic E-state index is 0.0810. The number of aromatic nitrogens is 1. The van der Waals surface area contributed by atoms with Gasteiger partial charge in [-0.05, 0) is 66.5 Å². The molecule has 1 aliphatic heterocycles. The van der Waals surface area contributed by atoms with Gasteiger partial charge in [-0.25, -0.2) is 4.98 Å². The molecule has 1 aromatic carbocycles. The van der Waals surface area contributed by atoms with Crippen molar-refractivity contribution >= 4 is 11.7 Å². The van der Waals surface area contributed by atoms with Gasteiger partial charge in [0.05, 0.1) is 6.42 Å². The van der Waals surface area contributed by atoms with E-state index in [-0.39, 0.29) is 5.91 Å². The van der Waals surface area contributed by atoms with Crippen molar-refractivity contribution in [1.82, 2.24) is 10.3 Å². The van der Waals surface area contributed by atoms with Gasteiger partial charge < -0.3 is 10.2 Å². The minimum absolute atomic E-state index is 0.0810. The van der Waals surface area contributed by atoms with Crippen LogP contribution in [0.5, 0.6) is 0 Å². The largest absolute Gasteiger partial charge is 0.357 e. The van der Waals surface area contributed by atoms with Crippen LogP contribution in [0.15, 0.2) is 36.5 Å². The first-order valence-electron chi connectivity index (χ1n) is 9.35. The molecule has 0 saturated carbocycles. The molecule has 0 bridgehead atoms. The van der Waals surface area contributed by atoms with Crippen LogP contribution in [-0.4, -0.2) is 24.0 Å². The zero-order valence-corrected chi connectivity index (χ0v) is 14.6. The SMILES string of the molecule is O=C(Cc1ccc2c(c1)CCC2)NCc1ccnc(N2CCCC2)c1. The van der Waals surface area contributed by atoms with Gasteiger partial charge in [-0.2, -0.15) is 0 Å². The Kier molecular flexibility index (Phi) is 4.68. The molecule has 1 fully saturated rings. The average molecular weight is 335 g/mol. The normalized spacial score (nSPS) is 16.1. The van der Waals surface area contributed by atoms with E-state index in [1.54, 1.807) is 0 Å². The molecule has 4 heteroatoms. The maximum Gasteiger partial charge on any atom is 0.224 e. The summed E-state index contributed by atoms with van der Waals surface area (Å²) in [5.74, 6) is 1.11. The Morgan fingerprint density at radius 2 is 1.84 bits per heavy atom. The second kappa shape index (κ2) is 7.26. The second-order valence-corrected chi connectivity index (χ2v) is 7.13. The van der Waals surface area contributed by atoms with E-state index in [2.05, 4.69) is 39.5 Å². The molecule has 1 aromatic heterocycles. The van der Waals surface area contributed by atoms with Gasteiger partial charge >= 0.3 is 0 Å². The summed E-state index contributed by atoms with van der Waals surface area (Å²) in [6.07, 6.45) is 8.36. The number of pyridine rings is 1. The third-order valence-corrected chi connectivity index (χ3v) is 5.26. The van der Waals surface area contributed by atoms with Gasteiger partial charge in [0, 0.05) is 25.8 Å². The van der Waals surface area contributed by atoms with Crippen molar-refractivity contribution in [2.75, 3.05) is 18.0 Å². The van der Waals surface area contributed by atoms with Crippen molar-refractivity contribution in [1.29, 1.82) is 0 Å². The number of benzene rings is 1. The van der Waals surface area contributed by atoms with E-state index in [4.69, 9.17) is 0 Å². The van der Waals surface area contributed by atoms with Gasteiger partial charge in [0.15, 0.2) is 0 Å². The van der Waals surface area contributed by atoms with Gasteiger partial charge in [0.1, 0.15) is 5.82 Å². The van der Waals surface area contributed by atoms with Gasteiger partial charge in [-0.15, -0.1) is 0 Å². The number of carbonyl (C=O) groups is 1. The number of anilines is 1. The summed E-state index contributed by atoms with van der Waals surface area (Å²) >= 11 is 0. The Labute approximate surface area is 149 Å². The van der Waals surface area contributed by atoms with Crippen LogP contribution in [0.2, 0.25) is 0 Å². The smallest absolute Gasteiger partial charge is 0.224 e. The van der Waals surface area contributed by atoms with Crippen molar-refractivity contribution in [3.05, 3.63) is 58.8 Å². The lowest BCUT2D eigenvalue weighted by Gasteiger charge is -2.17. The van der Waals surface area contributed by atoms with Crippen LogP contribution in [0, 0.1) is 0 Å². The van der Waals surface area contributed by atoms with E-state index in [0.29, 0.717) is 13.0 Å². The van der Waals surface area contributed by atoms with E-state index in [0.717, 1.165) is 36.5 Å². The number of fused-ring (bicyclic) bond motifs is 1. The number of nitrogens with one attached hydrogen (secondary N) is 1. The molecule has 0 radical (unpaired) electrons. The summed E-state index contributed by atoms with van der Waals surface area (Å²) < 4.78 is 0. The monoisotopic (exact) mass is 335 g/mol. The Balaban J connectivity index is 1.33. The number of rotatable bonds is 5. The molecule has 2 heterocycles. The van der Waals surface area contributed by atoms with E-state index in [9.17, 15) is 4.79 Å². The van der Waals surface area contributed by atoms with Gasteiger partial charge in [-0.1, -0.05) is 18.2 Å². The van der Waals surface area contributed by atoms with Crippen LogP contribution in [0.4, 0.5) is 5.82 Å². The van der Waals surface area contributed by atoms with E-state index in [1.807, 2.05) is 12.3 Å². The highest BCUT2D eigenvalue weighted by atomic mass is 16.1. The first-order valence-corrected chi connectivity index (χ1v) is 9.35. The molecule has 4 nitrogen and oxygen atoms in total. The highest BCUT2D eigenvalue weighted by Crippen LogP contribution is 2.23. The van der Waals surface area contributed by atoms with E-state index >= 15 is 0 Å². The molecule has 1 aliphatic carbocycles. The Bertz CT molecular complexity index is 765. The van der Waals surface area contributed by atoms with Crippen molar-refractivity contribution in [3.63, 3.8) is 0 Å². The molecule has 2 aliphatic rings. The van der Waals surface area contributed by atoms with Crippen LogP contribution < -0.4 is 10.2 Å². The van der Waals surface area contributed by atoms with E-state index < -0.39 is 0 Å². The van der Waals surface area contributed by atoms with Crippen molar-refractivity contribution < 1.29 is 4.79 Å². The lowest BCUT2D eigenvalue weighted by molar-refractivity contribution is -0.120. The first-order chi connectivity index (χ1) is 12.3. The molecule has 2 aromatic rings. The Morgan fingerprint density at radius 1 is 1.00 bits per heavy atom. The number of hydrogen-bond acceptors (Lipinski definition) is 3. The molecular weight excluding hydrogens is 310 g/mol. The summed E-state index contributed by atoms with van der Waals surface area (Å²) in [4.78, 5) is 19.1. The molecule has 25 heavy (non-hydrogen) atoms. The highest BCUT2D eigenvalue weighted by Gasteiger charge is 2.14. The van der Waals surface area contributed by atoms with Gasteiger partial charge in [0.2, 0.25) is 5.91 Å². The van der Waals surface area contributed by atoms with E-state index in [1.165, 1.54) is 36.8 Å². The zero-order chi connectivity index (χ0) is 17.1. The fourth-order valence-corrected chi connectivity index (χ4v) is 3.87. The van der Waals surface area contributed by atoms with Gasteiger partial charge in [0.25, 0.3) is 0 Å². The Hall–Kier alpha value is -2.36. The van der Waals surface area contributed by atoms with Crippen LogP contribution >= 0.6 is 0 Å². The standard InChI is InChI=1S/C21H25N3O/c25-21(14-16-6-7-18-4-3-5-19(18)12-16)23-15-17-8-9-22-20(13-17)24-10-1-2-11-24/h6-9,12-13H,1-5,10-11,14-15H2,(H,23,25).